The summed E-state index contributed by atoms with van der Waals surface area (Å²) in [6.45, 7) is 2.58. The number of ketones is 1. The largest absolute Gasteiger partial charge is 0.492 e. The number of amides is 2. The molecule has 1 aromatic rings. The van der Waals surface area contributed by atoms with Gasteiger partial charge in [0.1, 0.15) is 5.75 Å². The fraction of sp³-hybridized carbons (Fsp3) is 0.500. The van der Waals surface area contributed by atoms with Gasteiger partial charge in [-0.05, 0) is 43.5 Å². The number of benzene rings is 1. The first kappa shape index (κ1) is 17.6. The van der Waals surface area contributed by atoms with Gasteiger partial charge in [-0.15, -0.1) is 12.4 Å². The summed E-state index contributed by atoms with van der Waals surface area (Å²) in [4.78, 5) is 26.0. The third-order valence-corrected chi connectivity index (χ3v) is 4.27. The first-order valence-corrected chi connectivity index (χ1v) is 7.73. The highest BCUT2D eigenvalue weighted by Gasteiger charge is 2.26. The van der Waals surface area contributed by atoms with Crippen molar-refractivity contribution >= 4 is 29.9 Å². The average molecular weight is 340 g/mol. The zero-order valence-corrected chi connectivity index (χ0v) is 13.7. The number of carbonyl (C=O) groups excluding carboxylic acids is 2. The molecule has 0 bridgehead atoms. The zero-order chi connectivity index (χ0) is 15.5. The third-order valence-electron chi connectivity index (χ3n) is 4.27. The fourth-order valence-corrected chi connectivity index (χ4v) is 3.03. The van der Waals surface area contributed by atoms with Crippen LogP contribution in [0.25, 0.3) is 0 Å². The van der Waals surface area contributed by atoms with E-state index in [2.05, 4.69) is 5.32 Å². The van der Waals surface area contributed by atoms with Crippen LogP contribution >= 0.6 is 12.4 Å². The van der Waals surface area contributed by atoms with Crippen LogP contribution < -0.4 is 15.8 Å². The molecule has 126 valence electrons. The average Bonchev–Trinajstić information content (AvgIpc) is 2.97. The van der Waals surface area contributed by atoms with Gasteiger partial charge in [0, 0.05) is 25.2 Å². The lowest BCUT2D eigenvalue weighted by molar-refractivity contribution is 0.0933. The molecule has 0 radical (unpaired) electrons. The first-order valence-electron chi connectivity index (χ1n) is 7.73. The van der Waals surface area contributed by atoms with Crippen LogP contribution in [0.1, 0.15) is 29.6 Å². The molecule has 7 heteroatoms. The molecule has 1 atom stereocenters. The van der Waals surface area contributed by atoms with Gasteiger partial charge in [0.25, 0.3) is 0 Å². The predicted octanol–water partition coefficient (Wildman–Crippen LogP) is 2.28. The van der Waals surface area contributed by atoms with Crippen molar-refractivity contribution in [3.05, 3.63) is 23.8 Å². The summed E-state index contributed by atoms with van der Waals surface area (Å²) in [5, 5.41) is 2.87. The van der Waals surface area contributed by atoms with Crippen molar-refractivity contribution in [3.63, 3.8) is 0 Å². The number of anilines is 1. The maximum atomic E-state index is 12.3. The standard InChI is InChI=1S/C16H21N3O3.ClH/c17-6-3-11-4-7-19(10-11)16(21)18-12-1-2-15-13(9-12)14(20)5-8-22-15;/h1-2,9,11H,3-8,10,17H2,(H,18,21);1H. The normalized spacial score (nSPS) is 19.6. The Kier molecular flexibility index (Phi) is 5.85. The van der Waals surface area contributed by atoms with Gasteiger partial charge in [-0.2, -0.15) is 0 Å². The van der Waals surface area contributed by atoms with E-state index in [1.54, 1.807) is 23.1 Å². The molecule has 0 aliphatic carbocycles. The van der Waals surface area contributed by atoms with E-state index in [9.17, 15) is 9.59 Å². The minimum Gasteiger partial charge on any atom is -0.492 e. The number of urea groups is 1. The number of carbonyl (C=O) groups is 2. The van der Waals surface area contributed by atoms with Crippen LogP contribution in [-0.2, 0) is 0 Å². The van der Waals surface area contributed by atoms with Crippen LogP contribution in [-0.4, -0.2) is 43.0 Å². The number of likely N-dealkylation sites (tertiary alicyclic amines) is 1. The Balaban J connectivity index is 0.00000192. The predicted molar refractivity (Wildman–Crippen MR) is 90.5 cm³/mol. The Bertz CT molecular complexity index is 594. The summed E-state index contributed by atoms with van der Waals surface area (Å²) in [6.07, 6.45) is 2.34. The van der Waals surface area contributed by atoms with E-state index in [0.717, 1.165) is 25.9 Å². The van der Waals surface area contributed by atoms with Gasteiger partial charge < -0.3 is 20.7 Å². The highest BCUT2D eigenvalue weighted by Crippen LogP contribution is 2.28. The number of fused-ring (bicyclic) bond motifs is 1. The fourth-order valence-electron chi connectivity index (χ4n) is 3.03. The summed E-state index contributed by atoms with van der Waals surface area (Å²) in [5.41, 5.74) is 6.75. The lowest BCUT2D eigenvalue weighted by atomic mass is 10.0. The Morgan fingerprint density at radius 3 is 3.04 bits per heavy atom. The molecular weight excluding hydrogens is 318 g/mol. The maximum Gasteiger partial charge on any atom is 0.321 e. The van der Waals surface area contributed by atoms with E-state index in [-0.39, 0.29) is 24.2 Å². The number of nitrogens with zero attached hydrogens (tertiary/aromatic N) is 1. The lowest BCUT2D eigenvalue weighted by Gasteiger charge is -2.20. The quantitative estimate of drug-likeness (QED) is 0.884. The van der Waals surface area contributed by atoms with Crippen molar-refractivity contribution < 1.29 is 14.3 Å². The summed E-state index contributed by atoms with van der Waals surface area (Å²) in [7, 11) is 0. The molecule has 1 saturated heterocycles. The molecule has 1 unspecified atom stereocenters. The molecule has 2 heterocycles. The van der Waals surface area contributed by atoms with E-state index < -0.39 is 0 Å². The van der Waals surface area contributed by atoms with Gasteiger partial charge in [0.2, 0.25) is 0 Å². The molecule has 1 aromatic carbocycles. The number of nitrogens with two attached hydrogens (primary N) is 1. The summed E-state index contributed by atoms with van der Waals surface area (Å²) in [5.74, 6) is 1.15. The lowest BCUT2D eigenvalue weighted by Crippen LogP contribution is -2.33. The van der Waals surface area contributed by atoms with E-state index in [4.69, 9.17) is 10.5 Å². The van der Waals surface area contributed by atoms with E-state index in [0.29, 0.717) is 42.5 Å². The van der Waals surface area contributed by atoms with Crippen molar-refractivity contribution in [1.82, 2.24) is 4.90 Å². The van der Waals surface area contributed by atoms with Gasteiger partial charge in [-0.1, -0.05) is 0 Å². The first-order chi connectivity index (χ1) is 10.7. The second-order valence-corrected chi connectivity index (χ2v) is 5.84. The van der Waals surface area contributed by atoms with Gasteiger partial charge >= 0.3 is 6.03 Å². The van der Waals surface area contributed by atoms with Crippen LogP contribution in [0.3, 0.4) is 0 Å². The topological polar surface area (TPSA) is 84.7 Å². The monoisotopic (exact) mass is 339 g/mol. The SMILES string of the molecule is Cl.NCCC1CCN(C(=O)Nc2ccc3c(c2)C(=O)CCO3)C1. The molecule has 2 aliphatic rings. The van der Waals surface area contributed by atoms with Crippen molar-refractivity contribution in [2.75, 3.05) is 31.6 Å². The number of hydrogen-bond donors (Lipinski definition) is 2. The van der Waals surface area contributed by atoms with Gasteiger partial charge in [-0.25, -0.2) is 4.79 Å². The Morgan fingerprint density at radius 2 is 2.26 bits per heavy atom. The molecule has 0 aromatic heterocycles. The van der Waals surface area contributed by atoms with Crippen molar-refractivity contribution in [1.29, 1.82) is 0 Å². The summed E-state index contributed by atoms with van der Waals surface area (Å²) >= 11 is 0. The molecule has 3 rings (SSSR count). The van der Waals surface area contributed by atoms with E-state index >= 15 is 0 Å². The molecular formula is C16H22ClN3O3. The molecule has 6 nitrogen and oxygen atoms in total. The minimum absolute atomic E-state index is 0. The van der Waals surface area contributed by atoms with Gasteiger partial charge in [0.15, 0.2) is 5.78 Å². The Morgan fingerprint density at radius 1 is 1.43 bits per heavy atom. The second-order valence-electron chi connectivity index (χ2n) is 5.84. The number of halogens is 1. The highest BCUT2D eigenvalue weighted by molar-refractivity contribution is 6.01. The van der Waals surface area contributed by atoms with Crippen LogP contribution in [0.5, 0.6) is 5.75 Å². The van der Waals surface area contributed by atoms with Crippen LogP contribution in [0.4, 0.5) is 10.5 Å². The van der Waals surface area contributed by atoms with Crippen molar-refractivity contribution in [2.24, 2.45) is 11.7 Å². The molecule has 0 saturated carbocycles. The van der Waals surface area contributed by atoms with E-state index in [1.807, 2.05) is 0 Å². The second kappa shape index (κ2) is 7.66. The minimum atomic E-state index is -0.122. The summed E-state index contributed by atoms with van der Waals surface area (Å²) < 4.78 is 5.44. The molecule has 1 fully saturated rings. The van der Waals surface area contributed by atoms with E-state index in [1.165, 1.54) is 0 Å². The molecule has 3 N–H and O–H groups in total. The zero-order valence-electron chi connectivity index (χ0n) is 12.9. The number of Topliss-reactive ketones (excluding diaryl/α,β-unsaturated/α-hetero) is 1. The molecule has 23 heavy (non-hydrogen) atoms. The number of nitrogens with one attached hydrogen (secondary N) is 1. The third kappa shape index (κ3) is 3.95. The van der Waals surface area contributed by atoms with Crippen LogP contribution in [0, 0.1) is 5.92 Å². The Labute approximate surface area is 141 Å². The highest BCUT2D eigenvalue weighted by atomic mass is 35.5. The maximum absolute atomic E-state index is 12.3. The molecule has 2 amide bonds. The Hall–Kier alpha value is -1.79. The van der Waals surface area contributed by atoms with Gasteiger partial charge in [-0.3, -0.25) is 4.79 Å². The van der Waals surface area contributed by atoms with Crippen molar-refractivity contribution in [3.8, 4) is 5.75 Å². The van der Waals surface area contributed by atoms with Crippen molar-refractivity contribution in [2.45, 2.75) is 19.3 Å². The smallest absolute Gasteiger partial charge is 0.321 e. The number of rotatable bonds is 3. The van der Waals surface area contributed by atoms with Gasteiger partial charge in [0.05, 0.1) is 12.2 Å². The molecule has 0 spiro atoms. The molecule has 2 aliphatic heterocycles. The number of hydrogen-bond acceptors (Lipinski definition) is 4. The number of ether oxygens (including phenoxy) is 1. The van der Waals surface area contributed by atoms with Crippen LogP contribution in [0.2, 0.25) is 0 Å². The summed E-state index contributed by atoms with van der Waals surface area (Å²) in [6, 6.07) is 5.08. The van der Waals surface area contributed by atoms with Crippen LogP contribution in [0.15, 0.2) is 18.2 Å².